The van der Waals surface area contributed by atoms with Crippen LogP contribution < -0.4 is 14.3 Å². The number of aromatic nitrogens is 3. The van der Waals surface area contributed by atoms with Crippen LogP contribution in [-0.2, 0) is 14.9 Å². The highest BCUT2D eigenvalue weighted by atomic mass is 32.2. The summed E-state index contributed by atoms with van der Waals surface area (Å²) in [5, 5.41) is 15.2. The Balaban J connectivity index is 1.21. The Hall–Kier alpha value is -3.79. The van der Waals surface area contributed by atoms with Gasteiger partial charge in [-0.2, -0.15) is 18.2 Å². The summed E-state index contributed by atoms with van der Waals surface area (Å²) in [6.45, 7) is 5.39. The van der Waals surface area contributed by atoms with Crippen molar-refractivity contribution in [3.8, 4) is 5.69 Å². The van der Waals surface area contributed by atoms with Gasteiger partial charge in [-0.3, -0.25) is 9.69 Å². The number of ether oxygens (including phenoxy) is 1. The summed E-state index contributed by atoms with van der Waals surface area (Å²) < 4.78 is 38.3. The van der Waals surface area contributed by atoms with Crippen molar-refractivity contribution in [3.05, 3.63) is 47.8 Å². The maximum Gasteiger partial charge on any atom is 0.407 e. The van der Waals surface area contributed by atoms with E-state index in [4.69, 9.17) is 14.8 Å². The molecule has 252 valence electrons. The van der Waals surface area contributed by atoms with Crippen LogP contribution in [0.3, 0.4) is 0 Å². The van der Waals surface area contributed by atoms with Crippen molar-refractivity contribution in [3.63, 3.8) is 0 Å². The van der Waals surface area contributed by atoms with Crippen molar-refractivity contribution in [1.29, 1.82) is 0 Å². The fraction of sp³-hybridized carbons (Fsp3) is 0.562. The highest BCUT2D eigenvalue weighted by Gasteiger charge is 2.33. The molecule has 5 heterocycles. The average Bonchev–Trinajstić information content (AvgIpc) is 3.43. The number of para-hydroxylation sites is 1. The van der Waals surface area contributed by atoms with Crippen molar-refractivity contribution < 1.29 is 27.9 Å². The second kappa shape index (κ2) is 13.4. The van der Waals surface area contributed by atoms with E-state index in [2.05, 4.69) is 19.2 Å². The number of fused-ring (bicyclic) bond motifs is 1. The topological polar surface area (TPSA) is 162 Å². The first-order valence-electron chi connectivity index (χ1n) is 16.6. The highest BCUT2D eigenvalue weighted by molar-refractivity contribution is 7.88. The van der Waals surface area contributed by atoms with E-state index in [9.17, 15) is 23.1 Å². The van der Waals surface area contributed by atoms with E-state index in [1.807, 2.05) is 30.3 Å². The number of amides is 2. The molecule has 15 heteroatoms. The van der Waals surface area contributed by atoms with Crippen molar-refractivity contribution in [2.45, 2.75) is 62.9 Å². The van der Waals surface area contributed by atoms with Crippen LogP contribution in [0.5, 0.6) is 0 Å². The molecule has 0 unspecified atom stereocenters. The first kappa shape index (κ1) is 31.8. The van der Waals surface area contributed by atoms with Crippen LogP contribution in [0.25, 0.3) is 16.7 Å². The molecule has 0 spiro atoms. The quantitative estimate of drug-likeness (QED) is 0.326. The zero-order valence-electron chi connectivity index (χ0n) is 26.4. The number of rotatable bonds is 8. The molecule has 2 aromatic heterocycles. The van der Waals surface area contributed by atoms with E-state index < -0.39 is 28.3 Å². The lowest BCUT2D eigenvalue weighted by atomic mass is 9.82. The molecular weight excluding hydrogens is 624 g/mol. The van der Waals surface area contributed by atoms with Crippen LogP contribution in [0, 0.1) is 0 Å². The number of pyridine rings is 1. The van der Waals surface area contributed by atoms with Crippen molar-refractivity contribution >= 4 is 38.9 Å². The number of anilines is 1. The van der Waals surface area contributed by atoms with Crippen molar-refractivity contribution in [2.75, 3.05) is 57.4 Å². The fourth-order valence-electron chi connectivity index (χ4n) is 7.23. The molecule has 47 heavy (non-hydrogen) atoms. The van der Waals surface area contributed by atoms with E-state index in [0.29, 0.717) is 30.4 Å². The smallest absolute Gasteiger partial charge is 0.407 e. The number of carboxylic acid groups (broad SMARTS) is 1. The Kier molecular flexibility index (Phi) is 9.05. The number of likely N-dealkylation sites (tertiary alicyclic amines) is 1. The van der Waals surface area contributed by atoms with Crippen molar-refractivity contribution in [2.24, 2.45) is 0 Å². The average molecular weight is 667 g/mol. The molecule has 2 amide bonds. The molecule has 3 aromatic rings. The molecule has 3 saturated heterocycles. The molecular formula is C32H42N8O6S. The maximum atomic E-state index is 13.7. The molecule has 7 rings (SSSR count). The molecule has 4 aliphatic rings. The zero-order valence-corrected chi connectivity index (χ0v) is 27.2. The summed E-state index contributed by atoms with van der Waals surface area (Å²) in [7, 11) is -4.25. The second-order valence-corrected chi connectivity index (χ2v) is 14.4. The molecule has 3 aliphatic heterocycles. The van der Waals surface area contributed by atoms with Gasteiger partial charge >= 0.3 is 16.3 Å². The van der Waals surface area contributed by atoms with Crippen LogP contribution >= 0.6 is 0 Å². The number of carbonyl (C=O) groups is 2. The number of nitrogens with one attached hydrogen (secondary N) is 2. The SMILES string of the molecule is O=C(NS(=O)(=O)NC1CCN(C(=O)O)CC1)c1cc(N2CCC(N3CCOCC3)CC2)c2c(C3CCC3)nn(-c3ccccc3)c2n1. The summed E-state index contributed by atoms with van der Waals surface area (Å²) in [6, 6.07) is 11.4. The Labute approximate surface area is 274 Å². The number of benzene rings is 1. The third-order valence-electron chi connectivity index (χ3n) is 10.1. The minimum Gasteiger partial charge on any atom is -0.465 e. The van der Waals surface area contributed by atoms with Crippen LogP contribution in [0.15, 0.2) is 36.4 Å². The zero-order chi connectivity index (χ0) is 32.5. The summed E-state index contributed by atoms with van der Waals surface area (Å²) in [6.07, 6.45) is 4.75. The number of hydrogen-bond acceptors (Lipinski definition) is 9. The fourth-order valence-corrected chi connectivity index (χ4v) is 8.31. The summed E-state index contributed by atoms with van der Waals surface area (Å²) in [4.78, 5) is 35.8. The van der Waals surface area contributed by atoms with Crippen LogP contribution in [0.4, 0.5) is 10.5 Å². The summed E-state index contributed by atoms with van der Waals surface area (Å²) >= 11 is 0. The monoisotopic (exact) mass is 666 g/mol. The van der Waals surface area contributed by atoms with Gasteiger partial charge in [-0.25, -0.2) is 19.2 Å². The Morgan fingerprint density at radius 3 is 2.26 bits per heavy atom. The lowest BCUT2D eigenvalue weighted by Crippen LogP contribution is -2.50. The van der Waals surface area contributed by atoms with E-state index >= 15 is 0 Å². The molecule has 0 atom stereocenters. The van der Waals surface area contributed by atoms with Gasteiger partial charge < -0.3 is 19.6 Å². The third kappa shape index (κ3) is 6.80. The largest absolute Gasteiger partial charge is 0.465 e. The summed E-state index contributed by atoms with van der Waals surface area (Å²) in [5.41, 5.74) is 3.17. The second-order valence-electron chi connectivity index (χ2n) is 12.9. The van der Waals surface area contributed by atoms with Gasteiger partial charge in [-0.15, -0.1) is 0 Å². The Morgan fingerprint density at radius 2 is 1.62 bits per heavy atom. The minimum absolute atomic E-state index is 0.00823. The number of piperidine rings is 2. The van der Waals surface area contributed by atoms with Crippen LogP contribution in [0.1, 0.15) is 67.0 Å². The summed E-state index contributed by atoms with van der Waals surface area (Å²) in [5.74, 6) is -0.538. The standard InChI is InChI=1S/C32H42N8O6S/c41-31(36-47(44,45)35-23-9-13-39(14-10-23)32(42)43)26-21-27(38-15-11-24(12-16-38)37-17-19-46-20-18-37)28-29(22-5-4-6-22)34-40(30(28)33-26)25-7-2-1-3-8-25/h1-3,7-8,21-24,35H,4-6,9-20H2,(H,36,41)(H,42,43). The van der Waals surface area contributed by atoms with Crippen LogP contribution in [-0.4, -0.2) is 115 Å². The van der Waals surface area contributed by atoms with E-state index in [1.165, 1.54) is 4.90 Å². The van der Waals surface area contributed by atoms with Gasteiger partial charge in [0, 0.05) is 57.3 Å². The predicted octanol–water partition coefficient (Wildman–Crippen LogP) is 2.70. The van der Waals surface area contributed by atoms with Crippen LogP contribution in [0.2, 0.25) is 0 Å². The first-order chi connectivity index (χ1) is 22.8. The number of morpholine rings is 1. The molecule has 0 radical (unpaired) electrons. The molecule has 3 N–H and O–H groups in total. The van der Waals surface area contributed by atoms with Gasteiger partial charge in [0.15, 0.2) is 5.65 Å². The number of carbonyl (C=O) groups excluding carboxylic acids is 1. The van der Waals surface area contributed by atoms with Gasteiger partial charge in [0.05, 0.1) is 35.7 Å². The van der Waals surface area contributed by atoms with Gasteiger partial charge in [0.1, 0.15) is 5.69 Å². The number of hydrogen-bond donors (Lipinski definition) is 3. The molecule has 14 nitrogen and oxygen atoms in total. The van der Waals surface area contributed by atoms with Gasteiger partial charge in [-0.05, 0) is 56.7 Å². The molecule has 4 fully saturated rings. The third-order valence-corrected chi connectivity index (χ3v) is 11.1. The predicted molar refractivity (Wildman–Crippen MR) is 175 cm³/mol. The highest BCUT2D eigenvalue weighted by Crippen LogP contribution is 2.43. The first-order valence-corrected chi connectivity index (χ1v) is 18.1. The Morgan fingerprint density at radius 1 is 0.915 bits per heavy atom. The lowest BCUT2D eigenvalue weighted by Gasteiger charge is -2.41. The molecule has 0 bridgehead atoms. The number of nitrogens with zero attached hydrogens (tertiary/aromatic N) is 6. The lowest BCUT2D eigenvalue weighted by molar-refractivity contribution is 0.0115. The van der Waals surface area contributed by atoms with E-state index in [1.54, 1.807) is 10.7 Å². The molecule has 1 aromatic carbocycles. The molecule has 1 saturated carbocycles. The van der Waals surface area contributed by atoms with Crippen molar-refractivity contribution in [1.82, 2.24) is 34.0 Å². The van der Waals surface area contributed by atoms with E-state index in [-0.39, 0.29) is 18.8 Å². The minimum atomic E-state index is -4.25. The van der Waals surface area contributed by atoms with Gasteiger partial charge in [-0.1, -0.05) is 24.6 Å². The normalized spacial score (nSPS) is 20.8. The molecule has 1 aliphatic carbocycles. The van der Waals surface area contributed by atoms with Gasteiger partial charge in [0.2, 0.25) is 0 Å². The van der Waals surface area contributed by atoms with E-state index in [0.717, 1.165) is 94.0 Å². The Bertz CT molecular complexity index is 1710. The van der Waals surface area contributed by atoms with Gasteiger partial charge in [0.25, 0.3) is 5.91 Å². The maximum absolute atomic E-state index is 13.7.